The summed E-state index contributed by atoms with van der Waals surface area (Å²) in [7, 11) is 0. The first kappa shape index (κ1) is 24.5. The van der Waals surface area contributed by atoms with Gasteiger partial charge in [0.2, 0.25) is 11.8 Å². The molecule has 7 nitrogen and oxygen atoms in total. The third kappa shape index (κ3) is 6.48. The van der Waals surface area contributed by atoms with Crippen LogP contribution in [0.15, 0.2) is 78.9 Å². The number of carbonyl (C=O) groups is 2. The van der Waals surface area contributed by atoms with Crippen LogP contribution in [0.3, 0.4) is 0 Å². The number of nitrogens with two attached hydrogens (primary N) is 1. The number of nitrogen functional groups attached to an aromatic ring is 1. The first-order valence-electron chi connectivity index (χ1n) is 11.3. The van der Waals surface area contributed by atoms with Gasteiger partial charge in [-0.3, -0.25) is 14.5 Å². The summed E-state index contributed by atoms with van der Waals surface area (Å²) in [6.45, 7) is 1.04. The van der Waals surface area contributed by atoms with Crippen LogP contribution in [-0.2, 0) is 9.59 Å². The summed E-state index contributed by atoms with van der Waals surface area (Å²) in [4.78, 5) is 27.5. The molecule has 180 valence electrons. The van der Waals surface area contributed by atoms with Crippen molar-refractivity contribution in [3.05, 3.63) is 95.0 Å². The monoisotopic (exact) mass is 490 g/mol. The van der Waals surface area contributed by atoms with Gasteiger partial charge in [-0.2, -0.15) is 0 Å². The number of β-amino-alcohol motifs (C(OH)–C–C–N with tert-alkyl or cyclic N) is 1. The van der Waals surface area contributed by atoms with Gasteiger partial charge >= 0.3 is 0 Å². The Hall–Kier alpha value is -3.65. The minimum atomic E-state index is -0.565. The second-order valence-corrected chi connectivity index (χ2v) is 8.85. The maximum Gasteiger partial charge on any atom is 0.248 e. The molecule has 1 heterocycles. The number of nitrogens with one attached hydrogen (secondary N) is 2. The summed E-state index contributed by atoms with van der Waals surface area (Å²) in [6, 6.07) is 20.9. The molecule has 4 rings (SSSR count). The molecule has 1 fully saturated rings. The lowest BCUT2D eigenvalue weighted by molar-refractivity contribution is -0.121. The molecule has 0 aromatic heterocycles. The van der Waals surface area contributed by atoms with Crippen LogP contribution in [0.4, 0.5) is 17.1 Å². The summed E-state index contributed by atoms with van der Waals surface area (Å²) >= 11 is 5.95. The van der Waals surface area contributed by atoms with E-state index in [1.54, 1.807) is 54.6 Å². The predicted octanol–water partition coefficient (Wildman–Crippen LogP) is 4.32. The molecule has 0 aliphatic carbocycles. The third-order valence-electron chi connectivity index (χ3n) is 5.82. The van der Waals surface area contributed by atoms with Crippen molar-refractivity contribution in [3.63, 3.8) is 0 Å². The zero-order chi connectivity index (χ0) is 24.8. The van der Waals surface area contributed by atoms with Gasteiger partial charge in [0, 0.05) is 29.9 Å². The van der Waals surface area contributed by atoms with Crippen LogP contribution in [0, 0.1) is 0 Å². The van der Waals surface area contributed by atoms with E-state index in [1.165, 1.54) is 6.08 Å². The van der Waals surface area contributed by atoms with Crippen molar-refractivity contribution >= 4 is 46.6 Å². The van der Waals surface area contributed by atoms with Gasteiger partial charge in [0.05, 0.1) is 17.5 Å². The van der Waals surface area contributed by atoms with Crippen LogP contribution in [0.25, 0.3) is 6.08 Å². The van der Waals surface area contributed by atoms with Crippen molar-refractivity contribution in [3.8, 4) is 0 Å². The lowest BCUT2D eigenvalue weighted by Gasteiger charge is -2.27. The van der Waals surface area contributed by atoms with E-state index in [0.717, 1.165) is 11.1 Å². The van der Waals surface area contributed by atoms with E-state index in [9.17, 15) is 14.7 Å². The molecular weight excluding hydrogens is 464 g/mol. The number of hydrogen-bond acceptors (Lipinski definition) is 5. The summed E-state index contributed by atoms with van der Waals surface area (Å²) in [5.41, 5.74) is 9.16. The average Bonchev–Trinajstić information content (AvgIpc) is 3.27. The summed E-state index contributed by atoms with van der Waals surface area (Å²) < 4.78 is 0. The number of rotatable bonds is 7. The number of amides is 2. The van der Waals surface area contributed by atoms with Crippen molar-refractivity contribution in [1.82, 2.24) is 4.90 Å². The van der Waals surface area contributed by atoms with Crippen molar-refractivity contribution in [2.75, 3.05) is 29.5 Å². The van der Waals surface area contributed by atoms with Gasteiger partial charge in [-0.15, -0.1) is 0 Å². The highest BCUT2D eigenvalue weighted by Gasteiger charge is 2.33. The second kappa shape index (κ2) is 11.2. The number of aliphatic hydroxyl groups is 1. The van der Waals surface area contributed by atoms with Crippen molar-refractivity contribution in [1.29, 1.82) is 0 Å². The maximum absolute atomic E-state index is 13.2. The Kier molecular flexibility index (Phi) is 7.82. The van der Waals surface area contributed by atoms with Gasteiger partial charge in [0.1, 0.15) is 6.04 Å². The largest absolute Gasteiger partial charge is 0.397 e. The number of hydrogen-bond donors (Lipinski definition) is 4. The van der Waals surface area contributed by atoms with Crippen molar-refractivity contribution in [2.24, 2.45) is 0 Å². The Labute approximate surface area is 209 Å². The molecule has 2 atom stereocenters. The number of nitrogens with zero attached hydrogens (tertiary/aromatic N) is 1. The standard InChI is InChI=1S/C27H27ClN4O3/c28-20-10-12-21(13-11-20)30-27(35)26(32-16-15-22(33)17-32)19-8-5-18(6-9-19)7-14-25(34)31-24-4-2-1-3-23(24)29/h1-14,22,26,33H,15-17,29H2,(H,30,35)(H,31,34)/t22-,26?/m0/s1. The van der Waals surface area contributed by atoms with Gasteiger partial charge in [-0.05, 0) is 60.0 Å². The molecule has 0 saturated carbocycles. The molecule has 0 bridgehead atoms. The van der Waals surface area contributed by atoms with Crippen molar-refractivity contribution in [2.45, 2.75) is 18.6 Å². The predicted molar refractivity (Wildman–Crippen MR) is 140 cm³/mol. The molecule has 35 heavy (non-hydrogen) atoms. The van der Waals surface area contributed by atoms with Crippen molar-refractivity contribution < 1.29 is 14.7 Å². The number of para-hydroxylation sites is 2. The molecule has 0 radical (unpaired) electrons. The second-order valence-electron chi connectivity index (χ2n) is 8.41. The Morgan fingerprint density at radius 1 is 1.03 bits per heavy atom. The normalized spacial score (nSPS) is 16.8. The topological polar surface area (TPSA) is 108 Å². The van der Waals surface area contributed by atoms with E-state index < -0.39 is 12.1 Å². The van der Waals surface area contributed by atoms with E-state index in [1.807, 2.05) is 29.2 Å². The first-order chi connectivity index (χ1) is 16.9. The number of likely N-dealkylation sites (tertiary alicyclic amines) is 1. The number of aliphatic hydroxyl groups excluding tert-OH is 1. The molecule has 0 spiro atoms. The number of anilines is 3. The summed E-state index contributed by atoms with van der Waals surface area (Å²) in [5, 5.41) is 16.3. The van der Waals surface area contributed by atoms with Gasteiger partial charge in [0.15, 0.2) is 0 Å². The molecule has 3 aromatic rings. The zero-order valence-corrected chi connectivity index (χ0v) is 19.8. The SMILES string of the molecule is Nc1ccccc1NC(=O)C=Cc1ccc(C(C(=O)Nc2ccc(Cl)cc2)N2CC[C@H](O)C2)cc1. The molecule has 8 heteroatoms. The first-order valence-corrected chi connectivity index (χ1v) is 11.7. The molecular formula is C27H27ClN4O3. The Bertz CT molecular complexity index is 1210. The van der Waals surface area contributed by atoms with E-state index in [4.69, 9.17) is 17.3 Å². The number of carbonyl (C=O) groups excluding carboxylic acids is 2. The van der Waals surface area contributed by atoms with E-state index in [0.29, 0.717) is 41.6 Å². The minimum absolute atomic E-state index is 0.190. The highest BCUT2D eigenvalue weighted by atomic mass is 35.5. The van der Waals surface area contributed by atoms with E-state index in [2.05, 4.69) is 10.6 Å². The van der Waals surface area contributed by atoms with Gasteiger partial charge in [0.25, 0.3) is 0 Å². The molecule has 1 aliphatic rings. The Morgan fingerprint density at radius 2 is 1.74 bits per heavy atom. The highest BCUT2D eigenvalue weighted by molar-refractivity contribution is 6.30. The molecule has 2 amide bonds. The number of benzene rings is 3. The van der Waals surface area contributed by atoms with Crippen LogP contribution in [0.2, 0.25) is 5.02 Å². The molecule has 1 aliphatic heterocycles. The van der Waals surface area contributed by atoms with Crippen LogP contribution in [0.5, 0.6) is 0 Å². The molecule has 5 N–H and O–H groups in total. The number of halogens is 1. The van der Waals surface area contributed by atoms with Crippen LogP contribution in [0.1, 0.15) is 23.6 Å². The fraction of sp³-hybridized carbons (Fsp3) is 0.185. The van der Waals surface area contributed by atoms with Gasteiger partial charge in [-0.1, -0.05) is 48.0 Å². The molecule has 3 aromatic carbocycles. The fourth-order valence-electron chi connectivity index (χ4n) is 4.02. The van der Waals surface area contributed by atoms with Gasteiger partial charge in [-0.25, -0.2) is 0 Å². The highest BCUT2D eigenvalue weighted by Crippen LogP contribution is 2.28. The Balaban J connectivity index is 1.47. The van der Waals surface area contributed by atoms with Crippen LogP contribution in [-0.4, -0.2) is 41.0 Å². The average molecular weight is 491 g/mol. The quantitative estimate of drug-likeness (QED) is 0.291. The minimum Gasteiger partial charge on any atom is -0.397 e. The van der Waals surface area contributed by atoms with Gasteiger partial charge < -0.3 is 21.5 Å². The summed E-state index contributed by atoms with van der Waals surface area (Å²) in [5.74, 6) is -0.484. The van der Waals surface area contributed by atoms with E-state index in [-0.39, 0.29) is 11.8 Å². The van der Waals surface area contributed by atoms with Crippen LogP contribution >= 0.6 is 11.6 Å². The molecule has 1 saturated heterocycles. The smallest absolute Gasteiger partial charge is 0.248 e. The fourth-order valence-corrected chi connectivity index (χ4v) is 4.15. The maximum atomic E-state index is 13.2. The lowest BCUT2D eigenvalue weighted by Crippen LogP contribution is -2.36. The summed E-state index contributed by atoms with van der Waals surface area (Å²) in [6.07, 6.45) is 3.29. The van der Waals surface area contributed by atoms with Crippen LogP contribution < -0.4 is 16.4 Å². The lowest BCUT2D eigenvalue weighted by atomic mass is 10.0. The Morgan fingerprint density at radius 3 is 2.40 bits per heavy atom. The molecule has 1 unspecified atom stereocenters. The third-order valence-corrected chi connectivity index (χ3v) is 6.07. The zero-order valence-electron chi connectivity index (χ0n) is 19.0. The van der Waals surface area contributed by atoms with E-state index >= 15 is 0 Å².